The van der Waals surface area contributed by atoms with Crippen LogP contribution in [-0.4, -0.2) is 22.4 Å². The lowest BCUT2D eigenvalue weighted by Gasteiger charge is -2.35. The van der Waals surface area contributed by atoms with E-state index in [-0.39, 0.29) is 11.5 Å². The van der Waals surface area contributed by atoms with Crippen molar-refractivity contribution in [3.05, 3.63) is 70.0 Å². The first-order chi connectivity index (χ1) is 12.0. The molecule has 0 aliphatic rings. The largest absolute Gasteiger partial charge is 0.272 e. The van der Waals surface area contributed by atoms with E-state index in [0.29, 0.717) is 11.1 Å². The van der Waals surface area contributed by atoms with Gasteiger partial charge < -0.3 is 0 Å². The van der Waals surface area contributed by atoms with Crippen molar-refractivity contribution in [2.24, 2.45) is 0 Å². The second-order valence-electron chi connectivity index (χ2n) is 7.59. The lowest BCUT2D eigenvalue weighted by Crippen LogP contribution is -2.55. The highest BCUT2D eigenvalue weighted by Gasteiger charge is 2.30. The third-order valence-corrected chi connectivity index (χ3v) is 3.99. The Bertz CT molecular complexity index is 833. The smallest absolute Gasteiger partial charge is 0.267 e. The van der Waals surface area contributed by atoms with Gasteiger partial charge in [-0.05, 0) is 71.4 Å². The van der Waals surface area contributed by atoms with Crippen LogP contribution in [0.15, 0.2) is 36.4 Å². The standard InChI is InChI=1S/C21H25FN2O2/c1-13-9-14(2)11-17(10-13)20(26)24(21(4,5)6)23-19(25)16-8-7-15(3)18(22)12-16/h7-12H,1-6H3,(H,23,25). The summed E-state index contributed by atoms with van der Waals surface area (Å²) in [5, 5.41) is 1.29. The molecule has 0 spiro atoms. The van der Waals surface area contributed by atoms with E-state index in [1.165, 1.54) is 23.2 Å². The van der Waals surface area contributed by atoms with Gasteiger partial charge in [-0.15, -0.1) is 0 Å². The Morgan fingerprint density at radius 2 is 1.50 bits per heavy atom. The van der Waals surface area contributed by atoms with E-state index in [9.17, 15) is 14.0 Å². The van der Waals surface area contributed by atoms with Gasteiger partial charge in [-0.3, -0.25) is 15.0 Å². The zero-order valence-electron chi connectivity index (χ0n) is 16.1. The molecule has 0 aromatic heterocycles. The Kier molecular flexibility index (Phi) is 5.50. The van der Waals surface area contributed by atoms with Gasteiger partial charge in [0.15, 0.2) is 0 Å². The van der Waals surface area contributed by atoms with Crippen LogP contribution in [0.1, 0.15) is 58.2 Å². The summed E-state index contributed by atoms with van der Waals surface area (Å²) in [7, 11) is 0. The van der Waals surface area contributed by atoms with E-state index in [4.69, 9.17) is 0 Å². The fraction of sp³-hybridized carbons (Fsp3) is 0.333. The average molecular weight is 356 g/mol. The van der Waals surface area contributed by atoms with Crippen LogP contribution in [0.2, 0.25) is 0 Å². The number of carbonyl (C=O) groups excluding carboxylic acids is 2. The highest BCUT2D eigenvalue weighted by molar-refractivity contribution is 5.99. The van der Waals surface area contributed by atoms with E-state index < -0.39 is 17.3 Å². The number of hydrogen-bond acceptors (Lipinski definition) is 2. The minimum atomic E-state index is -0.659. The molecular weight excluding hydrogens is 331 g/mol. The molecule has 0 atom stereocenters. The Morgan fingerprint density at radius 3 is 2.00 bits per heavy atom. The van der Waals surface area contributed by atoms with Gasteiger partial charge in [0.2, 0.25) is 0 Å². The highest BCUT2D eigenvalue weighted by Crippen LogP contribution is 2.18. The molecule has 138 valence electrons. The highest BCUT2D eigenvalue weighted by atomic mass is 19.1. The average Bonchev–Trinajstić information content (AvgIpc) is 2.52. The minimum Gasteiger partial charge on any atom is -0.267 e. The van der Waals surface area contributed by atoms with E-state index in [1.54, 1.807) is 19.1 Å². The molecule has 0 aliphatic carbocycles. The molecule has 2 aromatic carbocycles. The number of halogens is 1. The Morgan fingerprint density at radius 1 is 0.923 bits per heavy atom. The molecule has 0 unspecified atom stereocenters. The van der Waals surface area contributed by atoms with Crippen molar-refractivity contribution in [2.75, 3.05) is 0 Å². The van der Waals surface area contributed by atoms with Crippen molar-refractivity contribution in [3.8, 4) is 0 Å². The third-order valence-electron chi connectivity index (χ3n) is 3.99. The molecule has 2 amide bonds. The van der Waals surface area contributed by atoms with Crippen molar-refractivity contribution in [1.82, 2.24) is 10.4 Å². The van der Waals surface area contributed by atoms with E-state index >= 15 is 0 Å². The van der Waals surface area contributed by atoms with E-state index in [2.05, 4.69) is 5.43 Å². The van der Waals surface area contributed by atoms with Gasteiger partial charge in [0.25, 0.3) is 11.8 Å². The molecule has 0 fully saturated rings. The molecule has 2 rings (SSSR count). The van der Waals surface area contributed by atoms with Gasteiger partial charge in [0.1, 0.15) is 5.82 Å². The van der Waals surface area contributed by atoms with Gasteiger partial charge in [0, 0.05) is 11.1 Å². The quantitative estimate of drug-likeness (QED) is 0.814. The lowest BCUT2D eigenvalue weighted by molar-refractivity contribution is 0.0358. The van der Waals surface area contributed by atoms with Crippen molar-refractivity contribution < 1.29 is 14.0 Å². The monoisotopic (exact) mass is 356 g/mol. The Balaban J connectivity index is 2.34. The van der Waals surface area contributed by atoms with Crippen molar-refractivity contribution in [2.45, 2.75) is 47.1 Å². The van der Waals surface area contributed by atoms with Gasteiger partial charge in [0.05, 0.1) is 5.54 Å². The minimum absolute atomic E-state index is 0.163. The fourth-order valence-electron chi connectivity index (χ4n) is 2.65. The first kappa shape index (κ1) is 19.6. The summed E-state index contributed by atoms with van der Waals surface area (Å²) in [6.07, 6.45) is 0. The Labute approximate surface area is 154 Å². The number of hydrazine groups is 1. The van der Waals surface area contributed by atoms with Crippen molar-refractivity contribution >= 4 is 11.8 Å². The van der Waals surface area contributed by atoms with Crippen LogP contribution >= 0.6 is 0 Å². The summed E-state index contributed by atoms with van der Waals surface area (Å²) in [5.74, 6) is -1.30. The molecule has 0 bridgehead atoms. The summed E-state index contributed by atoms with van der Waals surface area (Å²) < 4.78 is 13.8. The normalized spacial score (nSPS) is 11.2. The van der Waals surface area contributed by atoms with Crippen molar-refractivity contribution in [3.63, 3.8) is 0 Å². The summed E-state index contributed by atoms with van der Waals surface area (Å²) in [4.78, 5) is 25.6. The van der Waals surface area contributed by atoms with E-state index in [1.807, 2.05) is 40.7 Å². The van der Waals surface area contributed by atoms with Crippen LogP contribution in [0.5, 0.6) is 0 Å². The molecule has 0 heterocycles. The van der Waals surface area contributed by atoms with Crippen LogP contribution in [0.4, 0.5) is 4.39 Å². The number of hydrogen-bond donors (Lipinski definition) is 1. The predicted octanol–water partition coefficient (Wildman–Crippen LogP) is 4.34. The van der Waals surface area contributed by atoms with Crippen LogP contribution in [-0.2, 0) is 0 Å². The second kappa shape index (κ2) is 7.28. The van der Waals surface area contributed by atoms with Gasteiger partial charge in [-0.2, -0.15) is 0 Å². The molecule has 2 aromatic rings. The molecule has 0 saturated carbocycles. The number of nitrogens with zero attached hydrogens (tertiary/aromatic N) is 1. The number of aryl methyl sites for hydroxylation is 3. The molecule has 4 nitrogen and oxygen atoms in total. The van der Waals surface area contributed by atoms with Crippen LogP contribution in [0, 0.1) is 26.6 Å². The zero-order valence-corrected chi connectivity index (χ0v) is 16.1. The summed E-state index contributed by atoms with van der Waals surface area (Å²) in [6.45, 7) is 10.9. The van der Waals surface area contributed by atoms with Gasteiger partial charge in [-0.25, -0.2) is 9.40 Å². The maximum Gasteiger partial charge on any atom is 0.272 e. The van der Waals surface area contributed by atoms with E-state index in [0.717, 1.165) is 11.1 Å². The first-order valence-corrected chi connectivity index (χ1v) is 8.49. The fourth-order valence-corrected chi connectivity index (χ4v) is 2.65. The summed E-state index contributed by atoms with van der Waals surface area (Å²) in [6, 6.07) is 9.80. The number of amides is 2. The Hall–Kier alpha value is -2.69. The molecule has 5 heteroatoms. The maximum atomic E-state index is 13.8. The number of carbonyl (C=O) groups is 2. The van der Waals surface area contributed by atoms with Crippen LogP contribution < -0.4 is 5.43 Å². The van der Waals surface area contributed by atoms with Crippen LogP contribution in [0.3, 0.4) is 0 Å². The first-order valence-electron chi connectivity index (χ1n) is 8.49. The molecule has 1 N–H and O–H groups in total. The SMILES string of the molecule is Cc1cc(C)cc(C(=O)N(NC(=O)c2ccc(C)c(F)c2)C(C)(C)C)c1. The topological polar surface area (TPSA) is 49.4 Å². The summed E-state index contributed by atoms with van der Waals surface area (Å²) in [5.41, 5.74) is 5.02. The van der Waals surface area contributed by atoms with Gasteiger partial charge in [-0.1, -0.05) is 23.3 Å². The summed E-state index contributed by atoms with van der Waals surface area (Å²) >= 11 is 0. The maximum absolute atomic E-state index is 13.8. The number of benzene rings is 2. The van der Waals surface area contributed by atoms with Crippen molar-refractivity contribution in [1.29, 1.82) is 0 Å². The molecule has 0 aliphatic heterocycles. The number of rotatable bonds is 2. The molecule has 26 heavy (non-hydrogen) atoms. The lowest BCUT2D eigenvalue weighted by atomic mass is 10.0. The number of nitrogens with one attached hydrogen (secondary N) is 1. The molecular formula is C21H25FN2O2. The van der Waals surface area contributed by atoms with Gasteiger partial charge >= 0.3 is 0 Å². The zero-order chi connectivity index (χ0) is 19.6. The van der Waals surface area contributed by atoms with Crippen LogP contribution in [0.25, 0.3) is 0 Å². The predicted molar refractivity (Wildman–Crippen MR) is 100 cm³/mol. The second-order valence-corrected chi connectivity index (χ2v) is 7.59. The third kappa shape index (κ3) is 4.48. The molecule has 0 radical (unpaired) electrons. The molecule has 0 saturated heterocycles.